The number of phenols is 1. The van der Waals surface area contributed by atoms with Gasteiger partial charge < -0.3 is 10.8 Å². The summed E-state index contributed by atoms with van der Waals surface area (Å²) >= 11 is 3.53. The van der Waals surface area contributed by atoms with Crippen molar-refractivity contribution in [2.24, 2.45) is 5.73 Å². The third-order valence-electron chi connectivity index (χ3n) is 2.62. The molecule has 0 heterocycles. The van der Waals surface area contributed by atoms with Crippen molar-refractivity contribution in [1.82, 2.24) is 0 Å². The third-order valence-corrected chi connectivity index (χ3v) is 3.31. The minimum atomic E-state index is 0.277. The molecule has 0 amide bonds. The molecule has 0 unspecified atom stereocenters. The van der Waals surface area contributed by atoms with Gasteiger partial charge in [0, 0.05) is 4.47 Å². The van der Waals surface area contributed by atoms with Gasteiger partial charge in [0.25, 0.3) is 0 Å². The van der Waals surface area contributed by atoms with E-state index >= 15 is 0 Å². The minimum absolute atomic E-state index is 0.277. The van der Waals surface area contributed by atoms with Crippen LogP contribution in [0.25, 0.3) is 11.1 Å². The van der Waals surface area contributed by atoms with E-state index in [9.17, 15) is 5.11 Å². The van der Waals surface area contributed by atoms with Gasteiger partial charge in [0.1, 0.15) is 5.75 Å². The highest BCUT2D eigenvalue weighted by Gasteiger charge is 2.05. The second kappa shape index (κ2) is 5.34. The van der Waals surface area contributed by atoms with Crippen molar-refractivity contribution in [1.29, 1.82) is 0 Å². The zero-order chi connectivity index (χ0) is 12.3. The largest absolute Gasteiger partial charge is 0.508 e. The first-order valence-electron chi connectivity index (χ1n) is 5.48. The number of hydrogen-bond acceptors (Lipinski definition) is 2. The second-order valence-corrected chi connectivity index (χ2v) is 4.76. The summed E-state index contributed by atoms with van der Waals surface area (Å²) in [5, 5.41) is 9.50. The fraction of sp³-hybridized carbons (Fsp3) is 0.143. The van der Waals surface area contributed by atoms with E-state index in [-0.39, 0.29) is 5.75 Å². The molecule has 0 aliphatic rings. The fourth-order valence-corrected chi connectivity index (χ4v) is 2.26. The Balaban J connectivity index is 2.46. The summed E-state index contributed by atoms with van der Waals surface area (Å²) < 4.78 is 1.02. The number of phenolic OH excluding ortho intramolecular Hbond substituents is 1. The number of benzene rings is 2. The van der Waals surface area contributed by atoms with Gasteiger partial charge in [-0.05, 0) is 53.9 Å². The molecule has 0 radical (unpaired) electrons. The Kier molecular flexibility index (Phi) is 3.82. The molecule has 2 nitrogen and oxygen atoms in total. The van der Waals surface area contributed by atoms with Crippen LogP contribution in [0.15, 0.2) is 46.9 Å². The quantitative estimate of drug-likeness (QED) is 0.911. The van der Waals surface area contributed by atoms with Gasteiger partial charge in [0.15, 0.2) is 0 Å². The van der Waals surface area contributed by atoms with E-state index < -0.39 is 0 Å². The van der Waals surface area contributed by atoms with Crippen LogP contribution in [-0.4, -0.2) is 11.7 Å². The molecule has 0 spiro atoms. The normalized spacial score (nSPS) is 10.5. The van der Waals surface area contributed by atoms with Gasteiger partial charge in [-0.3, -0.25) is 0 Å². The van der Waals surface area contributed by atoms with E-state index in [1.54, 1.807) is 12.1 Å². The number of aromatic hydroxyl groups is 1. The van der Waals surface area contributed by atoms with Gasteiger partial charge in [-0.2, -0.15) is 0 Å². The van der Waals surface area contributed by atoms with Gasteiger partial charge in [-0.25, -0.2) is 0 Å². The van der Waals surface area contributed by atoms with Gasteiger partial charge in [0.2, 0.25) is 0 Å². The van der Waals surface area contributed by atoms with E-state index in [4.69, 9.17) is 5.73 Å². The summed E-state index contributed by atoms with van der Waals surface area (Å²) in [6, 6.07) is 13.4. The average molecular weight is 292 g/mol. The molecule has 0 fully saturated rings. The lowest BCUT2D eigenvalue weighted by Gasteiger charge is -2.08. The van der Waals surface area contributed by atoms with Crippen LogP contribution in [0.1, 0.15) is 5.56 Å². The summed E-state index contributed by atoms with van der Waals surface area (Å²) in [5.41, 5.74) is 8.83. The highest BCUT2D eigenvalue weighted by atomic mass is 79.9. The molecule has 3 heteroatoms. The van der Waals surface area contributed by atoms with Crippen molar-refractivity contribution >= 4 is 15.9 Å². The molecular formula is C14H14BrNO. The molecule has 0 aromatic heterocycles. The molecule has 0 aliphatic heterocycles. The van der Waals surface area contributed by atoms with Crippen LogP contribution in [0.2, 0.25) is 0 Å². The predicted octanol–water partition coefficient (Wildman–Crippen LogP) is 3.32. The number of rotatable bonds is 3. The number of hydrogen-bond donors (Lipinski definition) is 2. The lowest BCUT2D eigenvalue weighted by atomic mass is 10.0. The highest BCUT2D eigenvalue weighted by Crippen LogP contribution is 2.31. The molecule has 17 heavy (non-hydrogen) atoms. The van der Waals surface area contributed by atoms with E-state index in [2.05, 4.69) is 28.1 Å². The molecule has 0 atom stereocenters. The lowest BCUT2D eigenvalue weighted by molar-refractivity contribution is 0.475. The molecule has 0 aliphatic carbocycles. The zero-order valence-electron chi connectivity index (χ0n) is 9.36. The van der Waals surface area contributed by atoms with Crippen LogP contribution in [0.5, 0.6) is 5.75 Å². The van der Waals surface area contributed by atoms with Crippen molar-refractivity contribution in [3.63, 3.8) is 0 Å². The Morgan fingerprint density at radius 1 is 1.12 bits per heavy atom. The van der Waals surface area contributed by atoms with Crippen molar-refractivity contribution < 1.29 is 5.11 Å². The van der Waals surface area contributed by atoms with E-state index in [1.165, 1.54) is 5.56 Å². The Labute approximate surface area is 109 Å². The van der Waals surface area contributed by atoms with E-state index in [1.807, 2.05) is 18.2 Å². The lowest BCUT2D eigenvalue weighted by Crippen LogP contribution is -2.02. The number of nitrogens with two attached hydrogens (primary N) is 1. The van der Waals surface area contributed by atoms with Crippen molar-refractivity contribution in [2.45, 2.75) is 6.42 Å². The molecule has 88 valence electrons. The topological polar surface area (TPSA) is 46.2 Å². The Morgan fingerprint density at radius 3 is 2.65 bits per heavy atom. The molecule has 0 saturated carbocycles. The minimum Gasteiger partial charge on any atom is -0.508 e. The fourth-order valence-electron chi connectivity index (χ4n) is 1.79. The third kappa shape index (κ3) is 2.87. The standard InChI is InChI=1S/C14H14BrNO/c15-14-5-4-10(6-7-16)8-13(14)11-2-1-3-12(17)9-11/h1-5,8-9,17H,6-7,16H2. The Morgan fingerprint density at radius 2 is 1.94 bits per heavy atom. The number of halogens is 1. The Hall–Kier alpha value is -1.32. The highest BCUT2D eigenvalue weighted by molar-refractivity contribution is 9.10. The van der Waals surface area contributed by atoms with Crippen molar-refractivity contribution in [3.05, 3.63) is 52.5 Å². The monoisotopic (exact) mass is 291 g/mol. The van der Waals surface area contributed by atoms with Crippen molar-refractivity contribution in [3.8, 4) is 16.9 Å². The summed E-state index contributed by atoms with van der Waals surface area (Å²) in [7, 11) is 0. The molecule has 0 bridgehead atoms. The summed E-state index contributed by atoms with van der Waals surface area (Å²) in [6.45, 7) is 0.640. The van der Waals surface area contributed by atoms with E-state index in [0.29, 0.717) is 6.54 Å². The predicted molar refractivity (Wildman–Crippen MR) is 74.0 cm³/mol. The van der Waals surface area contributed by atoms with E-state index in [0.717, 1.165) is 22.0 Å². The van der Waals surface area contributed by atoms with Gasteiger partial charge >= 0.3 is 0 Å². The average Bonchev–Trinajstić information content (AvgIpc) is 2.32. The van der Waals surface area contributed by atoms with Crippen LogP contribution < -0.4 is 5.73 Å². The molecule has 0 saturated heterocycles. The Bertz CT molecular complexity index is 525. The van der Waals surface area contributed by atoms with Gasteiger partial charge in [-0.15, -0.1) is 0 Å². The van der Waals surface area contributed by atoms with Crippen LogP contribution >= 0.6 is 15.9 Å². The molecule has 2 rings (SSSR count). The summed E-state index contributed by atoms with van der Waals surface area (Å²) in [6.07, 6.45) is 0.860. The van der Waals surface area contributed by atoms with Gasteiger partial charge in [0.05, 0.1) is 0 Å². The maximum Gasteiger partial charge on any atom is 0.116 e. The molecule has 2 aromatic carbocycles. The SMILES string of the molecule is NCCc1ccc(Br)c(-c2cccc(O)c2)c1. The van der Waals surface area contributed by atoms with Crippen molar-refractivity contribution in [2.75, 3.05) is 6.54 Å². The second-order valence-electron chi connectivity index (χ2n) is 3.90. The zero-order valence-corrected chi connectivity index (χ0v) is 10.9. The van der Waals surface area contributed by atoms with Crippen LogP contribution in [-0.2, 0) is 6.42 Å². The maximum absolute atomic E-state index is 9.50. The molecular weight excluding hydrogens is 278 g/mol. The first-order valence-corrected chi connectivity index (χ1v) is 6.28. The molecule has 3 N–H and O–H groups in total. The first-order chi connectivity index (χ1) is 8.20. The molecule has 2 aromatic rings. The summed E-state index contributed by atoms with van der Waals surface area (Å²) in [4.78, 5) is 0. The first kappa shape index (κ1) is 12.1. The summed E-state index contributed by atoms with van der Waals surface area (Å²) in [5.74, 6) is 0.277. The van der Waals surface area contributed by atoms with Crippen LogP contribution in [0, 0.1) is 0 Å². The smallest absolute Gasteiger partial charge is 0.116 e. The van der Waals surface area contributed by atoms with Crippen LogP contribution in [0.4, 0.5) is 0 Å². The maximum atomic E-state index is 9.50. The van der Waals surface area contributed by atoms with Crippen LogP contribution in [0.3, 0.4) is 0 Å². The van der Waals surface area contributed by atoms with Gasteiger partial charge in [-0.1, -0.05) is 34.1 Å².